The summed E-state index contributed by atoms with van der Waals surface area (Å²) in [6, 6.07) is 12.9. The quantitative estimate of drug-likeness (QED) is 0.615. The van der Waals surface area contributed by atoms with Crippen LogP contribution in [0.5, 0.6) is 5.75 Å². The Morgan fingerprint density at radius 2 is 2.06 bits per heavy atom. The molecule has 8 heteroatoms. The lowest BCUT2D eigenvalue weighted by atomic mass is 9.75. The van der Waals surface area contributed by atoms with E-state index < -0.39 is 5.41 Å². The molecule has 0 saturated carbocycles. The molecule has 31 heavy (non-hydrogen) atoms. The van der Waals surface area contributed by atoms with Crippen molar-refractivity contribution in [3.05, 3.63) is 65.4 Å². The van der Waals surface area contributed by atoms with E-state index in [0.29, 0.717) is 35.1 Å². The number of rotatable bonds is 6. The van der Waals surface area contributed by atoms with E-state index >= 15 is 0 Å². The molecule has 0 radical (unpaired) electrons. The van der Waals surface area contributed by atoms with Crippen LogP contribution in [0.15, 0.2) is 54.9 Å². The van der Waals surface area contributed by atoms with Crippen molar-refractivity contribution in [1.82, 2.24) is 10.3 Å². The Bertz CT molecular complexity index is 1130. The van der Waals surface area contributed by atoms with Gasteiger partial charge in [-0.05, 0) is 18.2 Å². The Labute approximate surface area is 184 Å². The molecule has 0 aliphatic carbocycles. The van der Waals surface area contributed by atoms with Gasteiger partial charge in [0, 0.05) is 41.0 Å². The second kappa shape index (κ2) is 8.91. The molecular formula is C23H22ClN3O4. The molecule has 160 valence electrons. The Kier molecular flexibility index (Phi) is 6.06. The van der Waals surface area contributed by atoms with Gasteiger partial charge in [0.25, 0.3) is 0 Å². The van der Waals surface area contributed by atoms with Crippen LogP contribution in [0.4, 0.5) is 5.69 Å². The van der Waals surface area contributed by atoms with Crippen LogP contribution in [-0.4, -0.2) is 43.7 Å². The number of likely N-dealkylation sites (N-methyl/N-ethyl adjacent to an activating group) is 1. The Morgan fingerprint density at radius 1 is 1.23 bits per heavy atom. The minimum atomic E-state index is -1.08. The predicted molar refractivity (Wildman–Crippen MR) is 119 cm³/mol. The highest BCUT2D eigenvalue weighted by Gasteiger charge is 2.45. The maximum Gasteiger partial charge on any atom is 0.245 e. The van der Waals surface area contributed by atoms with Gasteiger partial charge in [-0.25, -0.2) is 0 Å². The fraction of sp³-hybridized carbons (Fsp3) is 0.261. The topological polar surface area (TPSA) is 89.5 Å². The number of ether oxygens (including phenoxy) is 2. The van der Waals surface area contributed by atoms with Gasteiger partial charge < -0.3 is 20.1 Å². The largest absolute Gasteiger partial charge is 0.493 e. The van der Waals surface area contributed by atoms with Gasteiger partial charge in [0.05, 0.1) is 25.1 Å². The average molecular weight is 440 g/mol. The number of aromatic nitrogens is 1. The number of pyridine rings is 1. The average Bonchev–Trinajstić information content (AvgIpc) is 2.79. The minimum absolute atomic E-state index is 0.00114. The van der Waals surface area contributed by atoms with Crippen molar-refractivity contribution in [2.24, 2.45) is 0 Å². The van der Waals surface area contributed by atoms with E-state index in [1.54, 1.807) is 30.6 Å². The summed E-state index contributed by atoms with van der Waals surface area (Å²) >= 11 is 6.25. The fourth-order valence-corrected chi connectivity index (χ4v) is 3.94. The zero-order valence-electron chi connectivity index (χ0n) is 17.0. The number of carbonyl (C=O) groups is 2. The summed E-state index contributed by atoms with van der Waals surface area (Å²) in [6.45, 7) is 0.179. The number of hydrogen-bond donors (Lipinski definition) is 2. The number of nitrogens with zero attached hydrogens (tertiary/aromatic N) is 1. The van der Waals surface area contributed by atoms with Gasteiger partial charge in [-0.2, -0.15) is 0 Å². The molecule has 2 heterocycles. The Balaban J connectivity index is 1.72. The molecular weight excluding hydrogens is 418 g/mol. The standard InChI is InChI=1S/C23H22ClN3O4/c1-25-21(28)13-30-14-23(8-9-31-20-7-6-16(24)10-18(20)23)22(29)27-19-12-26-11-15-4-2-3-5-17(15)19/h2-7,10-12H,8-9,13-14H2,1H3,(H,25,28)(H,27,29)/t23-/m0/s1. The first-order valence-corrected chi connectivity index (χ1v) is 10.3. The predicted octanol–water partition coefficient (Wildman–Crippen LogP) is 3.31. The van der Waals surface area contributed by atoms with E-state index in [0.717, 1.165) is 10.8 Å². The van der Waals surface area contributed by atoms with Crippen molar-refractivity contribution in [2.45, 2.75) is 11.8 Å². The smallest absolute Gasteiger partial charge is 0.245 e. The molecule has 2 N–H and O–H groups in total. The molecule has 4 rings (SSSR count). The van der Waals surface area contributed by atoms with E-state index in [1.807, 2.05) is 24.3 Å². The van der Waals surface area contributed by atoms with Gasteiger partial charge in [0.2, 0.25) is 11.8 Å². The summed E-state index contributed by atoms with van der Waals surface area (Å²) in [7, 11) is 1.53. The van der Waals surface area contributed by atoms with E-state index in [9.17, 15) is 9.59 Å². The fourth-order valence-electron chi connectivity index (χ4n) is 3.77. The third-order valence-electron chi connectivity index (χ3n) is 5.46. The van der Waals surface area contributed by atoms with Crippen LogP contribution in [0.3, 0.4) is 0 Å². The number of halogens is 1. The Morgan fingerprint density at radius 3 is 2.90 bits per heavy atom. The van der Waals surface area contributed by atoms with Crippen LogP contribution in [0, 0.1) is 0 Å². The highest BCUT2D eigenvalue weighted by molar-refractivity contribution is 6.30. The molecule has 1 atom stereocenters. The van der Waals surface area contributed by atoms with E-state index in [1.165, 1.54) is 7.05 Å². The highest BCUT2D eigenvalue weighted by atomic mass is 35.5. The van der Waals surface area contributed by atoms with Crippen molar-refractivity contribution < 1.29 is 19.1 Å². The van der Waals surface area contributed by atoms with Crippen LogP contribution in [0.25, 0.3) is 10.8 Å². The number of benzene rings is 2. The summed E-state index contributed by atoms with van der Waals surface area (Å²) in [5.41, 5.74) is 0.154. The van der Waals surface area contributed by atoms with Gasteiger partial charge in [-0.1, -0.05) is 35.9 Å². The zero-order chi connectivity index (χ0) is 21.8. The van der Waals surface area contributed by atoms with Crippen LogP contribution in [-0.2, 0) is 19.7 Å². The first-order chi connectivity index (χ1) is 15.0. The number of carbonyl (C=O) groups excluding carboxylic acids is 2. The van der Waals surface area contributed by atoms with Crippen molar-refractivity contribution in [3.63, 3.8) is 0 Å². The maximum atomic E-state index is 13.7. The number of hydrogen-bond acceptors (Lipinski definition) is 5. The van der Waals surface area contributed by atoms with E-state index in [-0.39, 0.29) is 25.0 Å². The lowest BCUT2D eigenvalue weighted by Gasteiger charge is -2.37. The normalized spacial score (nSPS) is 17.5. The minimum Gasteiger partial charge on any atom is -0.493 e. The number of anilines is 1. The van der Waals surface area contributed by atoms with Crippen molar-refractivity contribution in [2.75, 3.05) is 32.2 Å². The number of fused-ring (bicyclic) bond motifs is 2. The first kappa shape index (κ1) is 21.1. The van der Waals surface area contributed by atoms with Crippen LogP contribution in [0.1, 0.15) is 12.0 Å². The summed E-state index contributed by atoms with van der Waals surface area (Å²) in [4.78, 5) is 29.7. The highest BCUT2D eigenvalue weighted by Crippen LogP contribution is 2.42. The molecule has 0 spiro atoms. The lowest BCUT2D eigenvalue weighted by Crippen LogP contribution is -2.48. The third kappa shape index (κ3) is 4.19. The molecule has 2 amide bonds. The summed E-state index contributed by atoms with van der Waals surface area (Å²) < 4.78 is 11.5. The lowest BCUT2D eigenvalue weighted by molar-refractivity contribution is -0.131. The monoisotopic (exact) mass is 439 g/mol. The van der Waals surface area contributed by atoms with Gasteiger partial charge in [-0.15, -0.1) is 0 Å². The third-order valence-corrected chi connectivity index (χ3v) is 5.69. The molecule has 0 saturated heterocycles. The van der Waals surface area contributed by atoms with Crippen molar-refractivity contribution >= 4 is 39.9 Å². The summed E-state index contributed by atoms with van der Waals surface area (Å²) in [5.74, 6) is 0.0342. The Hall–Kier alpha value is -3.16. The zero-order valence-corrected chi connectivity index (χ0v) is 17.7. The van der Waals surface area contributed by atoms with Crippen LogP contribution >= 0.6 is 11.6 Å². The van der Waals surface area contributed by atoms with Gasteiger partial charge >= 0.3 is 0 Å². The van der Waals surface area contributed by atoms with Crippen LogP contribution < -0.4 is 15.4 Å². The molecule has 3 aromatic rings. The summed E-state index contributed by atoms with van der Waals surface area (Å²) in [6.07, 6.45) is 3.74. The summed E-state index contributed by atoms with van der Waals surface area (Å²) in [5, 5.41) is 7.82. The van der Waals surface area contributed by atoms with E-state index in [4.69, 9.17) is 21.1 Å². The molecule has 1 aliphatic rings. The second-order valence-corrected chi connectivity index (χ2v) is 7.79. The van der Waals surface area contributed by atoms with Crippen LogP contribution in [0.2, 0.25) is 5.02 Å². The van der Waals surface area contributed by atoms with Gasteiger partial charge in [-0.3, -0.25) is 14.6 Å². The molecule has 0 bridgehead atoms. The first-order valence-electron chi connectivity index (χ1n) is 9.89. The van der Waals surface area contributed by atoms with Crippen molar-refractivity contribution in [3.8, 4) is 5.75 Å². The number of amides is 2. The molecule has 1 aliphatic heterocycles. The van der Waals surface area contributed by atoms with Crippen molar-refractivity contribution in [1.29, 1.82) is 0 Å². The SMILES string of the molecule is CNC(=O)COC[C@@]1(C(=O)Nc2cncc3ccccc23)CCOc2ccc(Cl)cc21. The van der Waals surface area contributed by atoms with Gasteiger partial charge in [0.15, 0.2) is 0 Å². The molecule has 0 fully saturated rings. The van der Waals surface area contributed by atoms with E-state index in [2.05, 4.69) is 15.6 Å². The molecule has 0 unspecified atom stereocenters. The second-order valence-electron chi connectivity index (χ2n) is 7.35. The maximum absolute atomic E-state index is 13.7. The molecule has 2 aromatic carbocycles. The number of nitrogens with one attached hydrogen (secondary N) is 2. The molecule has 1 aromatic heterocycles. The molecule has 7 nitrogen and oxygen atoms in total. The van der Waals surface area contributed by atoms with Gasteiger partial charge in [0.1, 0.15) is 17.8 Å².